The van der Waals surface area contributed by atoms with Crippen molar-refractivity contribution in [2.75, 3.05) is 32.1 Å². The van der Waals surface area contributed by atoms with Gasteiger partial charge in [0.25, 0.3) is 12.0 Å². The Kier molecular flexibility index (Phi) is 9.30. The number of benzene rings is 2. The van der Waals surface area contributed by atoms with Gasteiger partial charge >= 0.3 is 11.7 Å². The van der Waals surface area contributed by atoms with Crippen molar-refractivity contribution in [2.24, 2.45) is 31.8 Å². The van der Waals surface area contributed by atoms with Crippen molar-refractivity contribution in [3.05, 3.63) is 91.5 Å². The fourth-order valence-corrected chi connectivity index (χ4v) is 7.61. The van der Waals surface area contributed by atoms with Gasteiger partial charge in [-0.25, -0.2) is 23.5 Å². The lowest BCUT2D eigenvalue weighted by molar-refractivity contribution is -0.145. The third-order valence-corrected chi connectivity index (χ3v) is 10.5. The van der Waals surface area contributed by atoms with Crippen molar-refractivity contribution < 1.29 is 23.0 Å². The van der Waals surface area contributed by atoms with Crippen LogP contribution in [0.25, 0.3) is 33.3 Å². The Labute approximate surface area is 302 Å². The summed E-state index contributed by atoms with van der Waals surface area (Å²) in [6, 6.07) is 12.0. The molecule has 2 aromatic carbocycles. The van der Waals surface area contributed by atoms with Crippen LogP contribution in [0.15, 0.2) is 58.3 Å². The number of nitrogens with zero attached hydrogens (tertiary/aromatic N) is 6. The maximum absolute atomic E-state index is 13.9. The van der Waals surface area contributed by atoms with Crippen LogP contribution in [0.2, 0.25) is 5.02 Å². The topological polar surface area (TPSA) is 133 Å². The van der Waals surface area contributed by atoms with Crippen LogP contribution in [-0.4, -0.2) is 61.8 Å². The Hall–Kier alpha value is -5.21. The van der Waals surface area contributed by atoms with Gasteiger partial charge in [-0.3, -0.25) is 28.6 Å². The number of ether oxygens (including phenoxy) is 2. The summed E-state index contributed by atoms with van der Waals surface area (Å²) in [4.78, 5) is 53.8. The summed E-state index contributed by atoms with van der Waals surface area (Å²) < 4.78 is 40.8. The number of pyridine rings is 1. The number of aromatic nitrogens is 5. The fraction of sp³-hybridized carbons (Fsp3) is 0.351. The SMILES string of the molecule is CCOC(=O)C1[C@H]2CN(Cc3ncc(-c4cccc(-c5cccc(Nc6nc(C(F)F)cc7c6c(=O)n(C)c(=O)n7C)c5C)c4Cl)nc3OC)C[C@@H]12. The van der Waals surface area contributed by atoms with Gasteiger partial charge in [-0.1, -0.05) is 41.9 Å². The highest BCUT2D eigenvalue weighted by molar-refractivity contribution is 6.36. The largest absolute Gasteiger partial charge is 0.480 e. The number of hydrogen-bond donors (Lipinski definition) is 1. The molecule has 0 radical (unpaired) electrons. The quantitative estimate of drug-likeness (QED) is 0.180. The molecular formula is C37H36ClF2N7O5. The van der Waals surface area contributed by atoms with Gasteiger partial charge in [-0.05, 0) is 48.9 Å². The van der Waals surface area contributed by atoms with E-state index in [2.05, 4.69) is 15.2 Å². The first-order valence-corrected chi connectivity index (χ1v) is 17.1. The van der Waals surface area contributed by atoms with E-state index >= 15 is 0 Å². The zero-order valence-corrected chi connectivity index (χ0v) is 29.9. The Bertz CT molecular complexity index is 2350. The monoisotopic (exact) mass is 731 g/mol. The van der Waals surface area contributed by atoms with Crippen LogP contribution < -0.4 is 21.3 Å². The second kappa shape index (κ2) is 13.7. The first-order chi connectivity index (χ1) is 24.9. The van der Waals surface area contributed by atoms with E-state index in [4.69, 9.17) is 31.0 Å². The number of anilines is 2. The van der Waals surface area contributed by atoms with E-state index in [1.807, 2.05) is 38.1 Å². The normalized spacial score (nSPS) is 18.1. The fourth-order valence-electron chi connectivity index (χ4n) is 7.28. The van der Waals surface area contributed by atoms with Crippen molar-refractivity contribution >= 4 is 40.0 Å². The molecular weight excluding hydrogens is 696 g/mol. The van der Waals surface area contributed by atoms with E-state index in [1.54, 1.807) is 25.4 Å². The lowest BCUT2D eigenvalue weighted by Crippen LogP contribution is -2.37. The van der Waals surface area contributed by atoms with Gasteiger partial charge in [0.1, 0.15) is 22.6 Å². The van der Waals surface area contributed by atoms with E-state index in [-0.39, 0.29) is 28.6 Å². The number of piperidine rings is 1. The number of esters is 1. The third kappa shape index (κ3) is 6.09. The number of aryl methyl sites for hydroxylation is 1. The first kappa shape index (κ1) is 35.2. The summed E-state index contributed by atoms with van der Waals surface area (Å²) in [5.74, 6) is 0.756. The van der Waals surface area contributed by atoms with Gasteiger partial charge in [0.05, 0.1) is 42.1 Å². The van der Waals surface area contributed by atoms with Gasteiger partial charge < -0.3 is 14.8 Å². The van der Waals surface area contributed by atoms with Crippen LogP contribution in [0.4, 0.5) is 20.3 Å². The molecule has 12 nitrogen and oxygen atoms in total. The van der Waals surface area contributed by atoms with Gasteiger partial charge in [-0.15, -0.1) is 0 Å². The molecule has 4 heterocycles. The predicted octanol–water partition coefficient (Wildman–Crippen LogP) is 5.65. The van der Waals surface area contributed by atoms with Crippen LogP contribution >= 0.6 is 11.6 Å². The molecule has 5 aromatic rings. The molecule has 1 saturated heterocycles. The Morgan fingerprint density at radius 1 is 1.04 bits per heavy atom. The standard InChI is InChI=1S/C37H36ClF2N7O5/c1-6-52-36(49)29-22-15-47(16-23(22)29)17-27-34(51-5)44-26(14-41-27)21-11-7-10-20(31(21)38)19-9-8-12-24(18(19)2)42-33-30-28(13-25(43-33)32(39)40)45(3)37(50)46(4)35(30)48/h7-14,22-23,29,32H,6,15-17H2,1-5H3,(H,42,43)/t22-,23+,29?. The Morgan fingerprint density at radius 3 is 2.42 bits per heavy atom. The molecule has 2 aliphatic rings. The molecule has 270 valence electrons. The second-order valence-corrected chi connectivity index (χ2v) is 13.5. The summed E-state index contributed by atoms with van der Waals surface area (Å²) in [6.07, 6.45) is -1.28. The Morgan fingerprint density at radius 2 is 1.73 bits per heavy atom. The minimum Gasteiger partial charge on any atom is -0.480 e. The number of carbonyl (C=O) groups excluding carboxylic acids is 1. The average Bonchev–Trinajstić information content (AvgIpc) is 3.65. The summed E-state index contributed by atoms with van der Waals surface area (Å²) >= 11 is 7.07. The number of rotatable bonds is 10. The summed E-state index contributed by atoms with van der Waals surface area (Å²) in [5, 5.41) is 3.49. The molecule has 1 saturated carbocycles. The lowest BCUT2D eigenvalue weighted by atomic mass is 9.96. The van der Waals surface area contributed by atoms with Crippen molar-refractivity contribution in [3.63, 3.8) is 0 Å². The summed E-state index contributed by atoms with van der Waals surface area (Å²) in [6.45, 7) is 6.13. The Balaban J connectivity index is 1.18. The molecule has 1 N–H and O–H groups in total. The molecule has 0 bridgehead atoms. The highest BCUT2D eigenvalue weighted by Crippen LogP contribution is 2.52. The molecule has 52 heavy (non-hydrogen) atoms. The average molecular weight is 732 g/mol. The molecule has 1 aliphatic carbocycles. The molecule has 3 aromatic heterocycles. The van der Waals surface area contributed by atoms with E-state index in [9.17, 15) is 23.2 Å². The van der Waals surface area contributed by atoms with Gasteiger partial charge in [-0.2, -0.15) is 0 Å². The first-order valence-electron chi connectivity index (χ1n) is 16.8. The number of nitrogens with one attached hydrogen (secondary N) is 1. The highest BCUT2D eigenvalue weighted by atomic mass is 35.5. The van der Waals surface area contributed by atoms with E-state index in [0.29, 0.717) is 69.7 Å². The summed E-state index contributed by atoms with van der Waals surface area (Å²) in [5.41, 5.74) is 2.55. The number of carbonyl (C=O) groups is 1. The zero-order chi connectivity index (χ0) is 37.0. The molecule has 0 spiro atoms. The van der Waals surface area contributed by atoms with Crippen molar-refractivity contribution in [3.8, 4) is 28.3 Å². The number of alkyl halides is 2. The van der Waals surface area contributed by atoms with E-state index < -0.39 is 23.4 Å². The van der Waals surface area contributed by atoms with Crippen LogP contribution in [0, 0.1) is 24.7 Å². The minimum atomic E-state index is -2.94. The minimum absolute atomic E-state index is 0.00259. The van der Waals surface area contributed by atoms with E-state index in [0.717, 1.165) is 33.9 Å². The van der Waals surface area contributed by atoms with Crippen molar-refractivity contribution in [1.29, 1.82) is 0 Å². The van der Waals surface area contributed by atoms with Crippen LogP contribution in [-0.2, 0) is 30.2 Å². The molecule has 3 atom stereocenters. The molecule has 15 heteroatoms. The van der Waals surface area contributed by atoms with Gasteiger partial charge in [0.15, 0.2) is 0 Å². The van der Waals surface area contributed by atoms with Crippen molar-refractivity contribution in [1.82, 2.24) is 29.0 Å². The van der Waals surface area contributed by atoms with Crippen LogP contribution in [0.5, 0.6) is 5.88 Å². The van der Waals surface area contributed by atoms with Gasteiger partial charge in [0, 0.05) is 50.5 Å². The van der Waals surface area contributed by atoms with Crippen LogP contribution in [0.1, 0.15) is 30.3 Å². The lowest BCUT2D eigenvalue weighted by Gasteiger charge is -2.20. The maximum Gasteiger partial charge on any atom is 0.330 e. The molecule has 0 amide bonds. The number of hydrogen-bond acceptors (Lipinski definition) is 10. The van der Waals surface area contributed by atoms with Crippen molar-refractivity contribution in [2.45, 2.75) is 26.8 Å². The number of halogens is 3. The summed E-state index contributed by atoms with van der Waals surface area (Å²) in [7, 11) is 4.28. The number of fused-ring (bicyclic) bond motifs is 2. The number of likely N-dealkylation sites (tertiary alicyclic amines) is 1. The molecule has 1 unspecified atom stereocenters. The predicted molar refractivity (Wildman–Crippen MR) is 192 cm³/mol. The second-order valence-electron chi connectivity index (χ2n) is 13.1. The maximum atomic E-state index is 13.9. The number of methoxy groups -OCH3 is 1. The zero-order valence-electron chi connectivity index (χ0n) is 29.1. The van der Waals surface area contributed by atoms with Crippen LogP contribution in [0.3, 0.4) is 0 Å². The van der Waals surface area contributed by atoms with Gasteiger partial charge in [0.2, 0.25) is 5.88 Å². The molecule has 2 fully saturated rings. The smallest absolute Gasteiger partial charge is 0.330 e. The molecule has 1 aliphatic heterocycles. The third-order valence-electron chi connectivity index (χ3n) is 10.1. The highest BCUT2D eigenvalue weighted by Gasteiger charge is 2.60. The van der Waals surface area contributed by atoms with E-state index in [1.165, 1.54) is 14.1 Å². The molecule has 7 rings (SSSR count).